The summed E-state index contributed by atoms with van der Waals surface area (Å²) in [6.07, 6.45) is 2.48. The third kappa shape index (κ3) is 145. The molecular formula is C39H60BN4O8UVW-2. The van der Waals surface area contributed by atoms with Gasteiger partial charge in [-0.3, -0.25) is 9.59 Å². The van der Waals surface area contributed by atoms with Crippen LogP contribution in [0.4, 0.5) is 0 Å². The zero-order valence-corrected chi connectivity index (χ0v) is 42.1. The van der Waals surface area contributed by atoms with Gasteiger partial charge in [-0.2, -0.15) is 146 Å². The summed E-state index contributed by atoms with van der Waals surface area (Å²) in [5.74, 6) is -0.332. The molecule has 0 aromatic heterocycles. The predicted octanol–water partition coefficient (Wildman–Crippen LogP) is 2.89. The summed E-state index contributed by atoms with van der Waals surface area (Å²) in [5, 5.41) is 42.5. The number of hydrogen-bond donors (Lipinski definition) is 8. The molecule has 12 nitrogen and oxygen atoms in total. The minimum atomic E-state index is -0.225. The van der Waals surface area contributed by atoms with Gasteiger partial charge < -0.3 is 57.6 Å². The fourth-order valence-electron chi connectivity index (χ4n) is 1.79. The van der Waals surface area contributed by atoms with Crippen LogP contribution in [0.5, 0.6) is 0 Å². The molecule has 0 aliphatic carbocycles. The molecule has 0 aliphatic rings. The molecule has 1 amide bonds. The number of ketones is 1. The first-order valence-corrected chi connectivity index (χ1v) is 14.6. The second kappa shape index (κ2) is 110. The fraction of sp³-hybridized carbons (Fsp3) is 0.282. The molecule has 0 saturated heterocycles. The van der Waals surface area contributed by atoms with Crippen molar-refractivity contribution in [1.82, 2.24) is 16.0 Å². The summed E-state index contributed by atoms with van der Waals surface area (Å²) in [6.45, 7) is 1.88. The Hall–Kier alpha value is -2.85. The number of carbonyl (C=O) groups excluding carboxylic acids is 2. The molecular weight excluding hydrogens is 1140 g/mol. The second-order valence-corrected chi connectivity index (χ2v) is 7.04. The number of hydrogen-bond acceptors (Lipinski definition) is 9. The van der Waals surface area contributed by atoms with Crippen molar-refractivity contribution >= 4 is 32.9 Å². The Kier molecular flexibility index (Phi) is 170. The fourth-order valence-corrected chi connectivity index (χ4v) is 1.79. The van der Waals surface area contributed by atoms with Gasteiger partial charge in [0.25, 0.3) is 0 Å². The van der Waals surface area contributed by atoms with Crippen molar-refractivity contribution in [3.63, 3.8) is 0 Å². The van der Waals surface area contributed by atoms with Gasteiger partial charge in [-0.15, -0.1) is 0 Å². The van der Waals surface area contributed by atoms with Crippen LogP contribution in [0.15, 0.2) is 126 Å². The normalized spacial score (nSPS) is 6.51. The van der Waals surface area contributed by atoms with Gasteiger partial charge in [0.15, 0.2) is 0 Å². The van der Waals surface area contributed by atoms with Crippen molar-refractivity contribution in [2.24, 2.45) is 4.99 Å². The van der Waals surface area contributed by atoms with E-state index >= 15 is 0 Å². The van der Waals surface area contributed by atoms with Crippen LogP contribution in [0.25, 0.3) is 0 Å². The molecule has 304 valence electrons. The molecule has 0 fully saturated rings. The topological polar surface area (TPSA) is 201 Å². The molecule has 0 aliphatic heterocycles. The van der Waals surface area contributed by atoms with Crippen molar-refractivity contribution in [3.05, 3.63) is 146 Å². The number of aliphatic hydroxyl groups is 4. The predicted molar refractivity (Wildman–Crippen MR) is 215 cm³/mol. The van der Waals surface area contributed by atoms with Gasteiger partial charge >= 0.3 is 52.2 Å². The third-order valence-corrected chi connectivity index (χ3v) is 3.34. The maximum atomic E-state index is 10.3. The van der Waals surface area contributed by atoms with Gasteiger partial charge in [0, 0.05) is 62.5 Å². The first-order valence-electron chi connectivity index (χ1n) is 14.6. The number of aliphatic imine (C=N–C) groups is 1. The van der Waals surface area contributed by atoms with Crippen LogP contribution < -0.4 is 16.0 Å². The molecule has 0 unspecified atom stereocenters. The van der Waals surface area contributed by atoms with Crippen LogP contribution in [0, 0.1) is 55.4 Å². The number of Topliss-reactive ketones (excluding diaryl/α,β-unsaturated/α-hetero) is 1. The van der Waals surface area contributed by atoms with E-state index in [0.717, 1.165) is 28.4 Å². The molecule has 4 rings (SSSR count). The number of rotatable bonds is 3. The van der Waals surface area contributed by atoms with E-state index in [1.807, 2.05) is 135 Å². The molecule has 55 heavy (non-hydrogen) atoms. The Morgan fingerprint density at radius 1 is 0.600 bits per heavy atom. The van der Waals surface area contributed by atoms with E-state index in [-0.39, 0.29) is 97.3 Å². The van der Waals surface area contributed by atoms with Crippen LogP contribution in [-0.2, 0) is 54.0 Å². The van der Waals surface area contributed by atoms with Crippen LogP contribution >= 0.6 is 0 Å². The number of nitrogens with zero attached hydrogens (tertiary/aromatic N) is 1. The van der Waals surface area contributed by atoms with Crippen molar-refractivity contribution in [3.8, 4) is 0 Å². The number of nitrogens with one attached hydrogen (secondary N) is 3. The van der Waals surface area contributed by atoms with Gasteiger partial charge in [-0.05, 0) is 35.1 Å². The zero-order valence-electron chi connectivity index (χ0n) is 33.6. The molecule has 0 saturated carbocycles. The third-order valence-electron chi connectivity index (χ3n) is 3.34. The van der Waals surface area contributed by atoms with E-state index in [4.69, 9.17) is 30.3 Å². The number of carbonyl (C=O) groups is 2. The maximum absolute atomic E-state index is 10.3. The van der Waals surface area contributed by atoms with E-state index in [9.17, 15) is 9.59 Å². The Morgan fingerprint density at radius 2 is 0.800 bits per heavy atom. The number of aliphatic hydroxyl groups excluding tert-OH is 5. The zero-order chi connectivity index (χ0) is 41.1. The molecule has 0 atom stereocenters. The Bertz CT molecular complexity index is 848. The average Bonchev–Trinajstić information content (AvgIpc) is 3.22. The average molecular weight is 1200 g/mol. The SMILES string of the molecule is CN=[C-]NC.CNC.CNC(=O)CC(C)=O.CO.CO.CO.CO.O=[C-]O.[B].[U+2].[V].[W+2].[c-]1ccccc1.[c-]1ccccc1.[c-]1ccccc1.[c-]1ccccc1. The Labute approximate surface area is 384 Å². The largest absolute Gasteiger partial charge is 2.00 e. The number of amides is 1. The summed E-state index contributed by atoms with van der Waals surface area (Å²) < 4.78 is 0. The minimum absolute atomic E-state index is 0. The van der Waals surface area contributed by atoms with Crippen molar-refractivity contribution in [2.75, 3.05) is 63.7 Å². The van der Waals surface area contributed by atoms with Gasteiger partial charge in [-0.25, -0.2) is 0 Å². The van der Waals surface area contributed by atoms with E-state index < -0.39 is 0 Å². The molecule has 4 aromatic rings. The minimum Gasteiger partial charge on any atom is -0.665 e. The van der Waals surface area contributed by atoms with Crippen molar-refractivity contribution in [2.45, 2.75) is 13.3 Å². The first-order chi connectivity index (χ1) is 24.9. The van der Waals surface area contributed by atoms with Crippen molar-refractivity contribution in [1.29, 1.82) is 0 Å². The van der Waals surface area contributed by atoms with Crippen LogP contribution in [0.2, 0.25) is 0 Å². The van der Waals surface area contributed by atoms with Crippen molar-refractivity contribution < 1.29 is 111 Å². The molecule has 0 bridgehead atoms. The molecule has 0 spiro atoms. The first kappa shape index (κ1) is 84.6. The summed E-state index contributed by atoms with van der Waals surface area (Å²) in [6, 6.07) is 50.0. The van der Waals surface area contributed by atoms with E-state index in [1.54, 1.807) is 14.1 Å². The smallest absolute Gasteiger partial charge is 0.665 e. The standard InChI is InChI=1S/4C6H5.C5H9NO2.C3H7N2.C2H7N.CHO2.4CH4O.B.U.V.W/c4*1-2-4-6-5-3-1;1-4(7)3-5(8)6-2;1-4-3-5-2;1-3-2;2-1-3;4*1-2;;;;/h4*1-5H;3H2,1-2H3,(H,6,8);1-2H3,(H,4,5);3H,1-2H3;(H,2,3);4*2H,1H3;;;;/q4*-1;;-1;;-1;;;;;;+2;;+2. The monoisotopic (exact) mass is 1200 g/mol. The van der Waals surface area contributed by atoms with Gasteiger partial charge in [0.05, 0.1) is 6.42 Å². The molecule has 4 radical (unpaired) electrons. The second-order valence-electron chi connectivity index (χ2n) is 7.04. The molecule has 4 aromatic carbocycles. The quantitative estimate of drug-likeness (QED) is 0.0377. The number of benzene rings is 4. The Balaban J connectivity index is -0.0000000375. The van der Waals surface area contributed by atoms with E-state index in [1.165, 1.54) is 14.0 Å². The van der Waals surface area contributed by atoms with E-state index in [2.05, 4.69) is 51.5 Å². The maximum Gasteiger partial charge on any atom is 2.00 e. The van der Waals surface area contributed by atoms with Crippen LogP contribution in [0.3, 0.4) is 0 Å². The Morgan fingerprint density at radius 3 is 0.836 bits per heavy atom. The van der Waals surface area contributed by atoms with Gasteiger partial charge in [0.1, 0.15) is 5.78 Å². The van der Waals surface area contributed by atoms with Crippen LogP contribution in [-0.4, -0.2) is 122 Å². The molecule has 16 heteroatoms. The summed E-state index contributed by atoms with van der Waals surface area (Å²) in [7, 11) is 12.7. The van der Waals surface area contributed by atoms with Gasteiger partial charge in [-0.1, -0.05) is 6.47 Å². The summed E-state index contributed by atoms with van der Waals surface area (Å²) in [5.41, 5.74) is 0. The molecule has 0 heterocycles. The molecule has 8 N–H and O–H groups in total. The van der Waals surface area contributed by atoms with E-state index in [0.29, 0.717) is 6.47 Å². The van der Waals surface area contributed by atoms with Crippen LogP contribution in [0.1, 0.15) is 13.3 Å². The summed E-state index contributed by atoms with van der Waals surface area (Å²) in [4.78, 5) is 32.2. The summed E-state index contributed by atoms with van der Waals surface area (Å²) >= 11 is 0. The van der Waals surface area contributed by atoms with Gasteiger partial charge in [0.2, 0.25) is 5.91 Å².